The molecule has 0 bridgehead atoms. The zero-order valence-corrected chi connectivity index (χ0v) is 8.74. The van der Waals surface area contributed by atoms with Crippen molar-refractivity contribution in [2.24, 2.45) is 0 Å². The summed E-state index contributed by atoms with van der Waals surface area (Å²) in [7, 11) is 1.54. The van der Waals surface area contributed by atoms with E-state index < -0.39 is 29.4 Å². The van der Waals surface area contributed by atoms with E-state index in [1.54, 1.807) is 7.05 Å². The molecule has 0 saturated heterocycles. The zero-order chi connectivity index (χ0) is 12.3. The van der Waals surface area contributed by atoms with Crippen LogP contribution in [-0.2, 0) is 0 Å². The van der Waals surface area contributed by atoms with E-state index in [1.165, 1.54) is 0 Å². The highest BCUT2D eigenvalue weighted by molar-refractivity contribution is 5.44. The van der Waals surface area contributed by atoms with Gasteiger partial charge in [-0.05, 0) is 19.2 Å². The van der Waals surface area contributed by atoms with Crippen LogP contribution in [0, 0.1) is 11.6 Å². The molecule has 0 aliphatic rings. The summed E-state index contributed by atoms with van der Waals surface area (Å²) in [5.41, 5.74) is 4.37. The van der Waals surface area contributed by atoms with Gasteiger partial charge >= 0.3 is 0 Å². The van der Waals surface area contributed by atoms with Crippen molar-refractivity contribution in [2.45, 2.75) is 12.2 Å². The highest BCUT2D eigenvalue weighted by Crippen LogP contribution is 2.26. The Labute approximate surface area is 91.7 Å². The molecule has 0 aliphatic heterocycles. The Hall–Kier alpha value is -1.24. The lowest BCUT2D eigenvalue weighted by atomic mass is 10.0. The number of halogens is 2. The number of nitrogen functional groups attached to an aromatic ring is 1. The minimum Gasteiger partial charge on any atom is -0.396 e. The molecule has 1 rings (SSSR count). The van der Waals surface area contributed by atoms with Gasteiger partial charge in [0.05, 0.1) is 17.4 Å². The van der Waals surface area contributed by atoms with E-state index in [0.29, 0.717) is 0 Å². The van der Waals surface area contributed by atoms with Crippen molar-refractivity contribution in [2.75, 3.05) is 19.3 Å². The van der Waals surface area contributed by atoms with Crippen molar-refractivity contribution in [3.05, 3.63) is 29.3 Å². The Balaban J connectivity index is 3.07. The number of nitrogens with two attached hydrogens (primary N) is 1. The maximum atomic E-state index is 13.5. The highest BCUT2D eigenvalue weighted by Gasteiger charge is 2.25. The number of nitrogens with one attached hydrogen (secondary N) is 1. The minimum absolute atomic E-state index is 0.00878. The number of aliphatic hydroxyl groups excluding tert-OH is 2. The molecule has 90 valence electrons. The fraction of sp³-hybridized carbons (Fsp3) is 0.400. The Morgan fingerprint density at radius 2 is 2.00 bits per heavy atom. The highest BCUT2D eigenvalue weighted by atomic mass is 19.1. The topological polar surface area (TPSA) is 78.5 Å². The summed E-state index contributed by atoms with van der Waals surface area (Å²) in [6.45, 7) is 0.00878. The first kappa shape index (κ1) is 12.8. The van der Waals surface area contributed by atoms with Crippen LogP contribution in [0.25, 0.3) is 0 Å². The predicted octanol–water partition coefficient (Wildman–Crippen LogP) is 0.161. The molecule has 4 nitrogen and oxygen atoms in total. The van der Waals surface area contributed by atoms with Crippen molar-refractivity contribution in [1.82, 2.24) is 5.32 Å². The summed E-state index contributed by atoms with van der Waals surface area (Å²) in [5.74, 6) is -1.97. The quantitative estimate of drug-likeness (QED) is 0.558. The van der Waals surface area contributed by atoms with Crippen molar-refractivity contribution in [3.63, 3.8) is 0 Å². The van der Waals surface area contributed by atoms with Crippen LogP contribution in [-0.4, -0.2) is 29.9 Å². The number of hydrogen-bond donors (Lipinski definition) is 4. The fourth-order valence-electron chi connectivity index (χ4n) is 1.37. The van der Waals surface area contributed by atoms with Gasteiger partial charge in [0.2, 0.25) is 0 Å². The number of benzene rings is 1. The van der Waals surface area contributed by atoms with Crippen LogP contribution >= 0.6 is 0 Å². The second kappa shape index (κ2) is 5.20. The number of anilines is 1. The third-order valence-corrected chi connectivity index (χ3v) is 2.23. The second-order valence-corrected chi connectivity index (χ2v) is 3.43. The van der Waals surface area contributed by atoms with E-state index in [-0.39, 0.29) is 12.2 Å². The van der Waals surface area contributed by atoms with Gasteiger partial charge in [0.15, 0.2) is 5.82 Å². The third-order valence-electron chi connectivity index (χ3n) is 2.23. The third kappa shape index (κ3) is 2.46. The van der Waals surface area contributed by atoms with Gasteiger partial charge in [-0.1, -0.05) is 0 Å². The second-order valence-electron chi connectivity index (χ2n) is 3.43. The molecule has 0 fully saturated rings. The largest absolute Gasteiger partial charge is 0.396 e. The summed E-state index contributed by atoms with van der Waals surface area (Å²) in [6.07, 6.45) is -2.97. The summed E-state index contributed by atoms with van der Waals surface area (Å²) < 4.78 is 26.8. The van der Waals surface area contributed by atoms with Crippen LogP contribution in [0.1, 0.15) is 11.7 Å². The first-order chi connectivity index (χ1) is 7.49. The van der Waals surface area contributed by atoms with Gasteiger partial charge < -0.3 is 21.3 Å². The lowest BCUT2D eigenvalue weighted by Gasteiger charge is -2.19. The van der Waals surface area contributed by atoms with E-state index in [1.807, 2.05) is 0 Å². The van der Waals surface area contributed by atoms with Gasteiger partial charge in [0.1, 0.15) is 11.9 Å². The molecule has 0 spiro atoms. The van der Waals surface area contributed by atoms with Gasteiger partial charge in [-0.2, -0.15) is 0 Å². The van der Waals surface area contributed by atoms with Crippen LogP contribution in [0.5, 0.6) is 0 Å². The van der Waals surface area contributed by atoms with Gasteiger partial charge in [-0.25, -0.2) is 8.78 Å². The SMILES string of the molecule is CNCC(O)C(O)c1c(F)ccc(N)c1F. The molecule has 5 N–H and O–H groups in total. The number of rotatable bonds is 4. The minimum atomic E-state index is -1.66. The van der Waals surface area contributed by atoms with Crippen molar-refractivity contribution >= 4 is 5.69 Å². The number of likely N-dealkylation sites (N-methyl/N-ethyl adjacent to an activating group) is 1. The molecule has 0 saturated carbocycles. The van der Waals surface area contributed by atoms with Gasteiger partial charge in [-0.15, -0.1) is 0 Å². The van der Waals surface area contributed by atoms with Crippen molar-refractivity contribution in [3.8, 4) is 0 Å². The van der Waals surface area contributed by atoms with Crippen LogP contribution < -0.4 is 11.1 Å². The van der Waals surface area contributed by atoms with Crippen molar-refractivity contribution in [1.29, 1.82) is 0 Å². The van der Waals surface area contributed by atoms with E-state index in [0.717, 1.165) is 12.1 Å². The average Bonchev–Trinajstić information content (AvgIpc) is 2.24. The monoisotopic (exact) mass is 232 g/mol. The summed E-state index contributed by atoms with van der Waals surface area (Å²) in [5, 5.41) is 21.6. The molecule has 16 heavy (non-hydrogen) atoms. The molecule has 0 heterocycles. The van der Waals surface area contributed by atoms with E-state index >= 15 is 0 Å². The molecule has 1 aromatic carbocycles. The first-order valence-corrected chi connectivity index (χ1v) is 4.73. The van der Waals surface area contributed by atoms with E-state index in [2.05, 4.69) is 5.32 Å². The zero-order valence-electron chi connectivity index (χ0n) is 8.74. The standard InChI is InChI=1S/C10H14F2N2O2/c1-14-4-7(15)10(16)8-5(11)2-3-6(13)9(8)12/h2-3,7,10,14-16H,4,13H2,1H3. The molecule has 0 aromatic heterocycles. The Bertz CT molecular complexity index is 374. The van der Waals surface area contributed by atoms with Crippen LogP contribution in [0.4, 0.5) is 14.5 Å². The van der Waals surface area contributed by atoms with Gasteiger partial charge in [-0.3, -0.25) is 0 Å². The Morgan fingerprint density at radius 1 is 1.38 bits per heavy atom. The number of aliphatic hydroxyl groups is 2. The molecule has 2 atom stereocenters. The normalized spacial score (nSPS) is 14.8. The molecular formula is C10H14F2N2O2. The Morgan fingerprint density at radius 3 is 2.56 bits per heavy atom. The predicted molar refractivity (Wildman–Crippen MR) is 55.7 cm³/mol. The molecule has 0 amide bonds. The molecule has 6 heteroatoms. The lowest BCUT2D eigenvalue weighted by Crippen LogP contribution is -2.30. The summed E-state index contributed by atoms with van der Waals surface area (Å²) in [6, 6.07) is 2.01. The Kier molecular flexibility index (Phi) is 4.17. The fourth-order valence-corrected chi connectivity index (χ4v) is 1.37. The molecule has 2 unspecified atom stereocenters. The summed E-state index contributed by atoms with van der Waals surface area (Å²) >= 11 is 0. The maximum Gasteiger partial charge on any atom is 0.154 e. The smallest absolute Gasteiger partial charge is 0.154 e. The van der Waals surface area contributed by atoms with Gasteiger partial charge in [0.25, 0.3) is 0 Å². The molecule has 1 aromatic rings. The van der Waals surface area contributed by atoms with Crippen LogP contribution in [0.15, 0.2) is 12.1 Å². The first-order valence-electron chi connectivity index (χ1n) is 4.73. The molecular weight excluding hydrogens is 218 g/mol. The molecule has 0 radical (unpaired) electrons. The van der Waals surface area contributed by atoms with Crippen molar-refractivity contribution < 1.29 is 19.0 Å². The van der Waals surface area contributed by atoms with Crippen LogP contribution in [0.3, 0.4) is 0 Å². The van der Waals surface area contributed by atoms with Gasteiger partial charge in [0, 0.05) is 6.54 Å². The molecule has 0 aliphatic carbocycles. The lowest BCUT2D eigenvalue weighted by molar-refractivity contribution is 0.0160. The van der Waals surface area contributed by atoms with Crippen LogP contribution in [0.2, 0.25) is 0 Å². The summed E-state index contributed by atoms with van der Waals surface area (Å²) in [4.78, 5) is 0. The average molecular weight is 232 g/mol. The van der Waals surface area contributed by atoms with E-state index in [4.69, 9.17) is 5.73 Å². The van der Waals surface area contributed by atoms with E-state index in [9.17, 15) is 19.0 Å². The maximum absolute atomic E-state index is 13.5. The number of hydrogen-bond acceptors (Lipinski definition) is 4.